The summed E-state index contributed by atoms with van der Waals surface area (Å²) in [6.07, 6.45) is 4.10. The Kier molecular flexibility index (Phi) is 6.01. The van der Waals surface area contributed by atoms with Crippen LogP contribution in [0.4, 0.5) is 0 Å². The van der Waals surface area contributed by atoms with Crippen LogP contribution in [0.5, 0.6) is 0 Å². The first kappa shape index (κ1) is 21.9. The van der Waals surface area contributed by atoms with E-state index in [-0.39, 0.29) is 12.0 Å². The highest BCUT2D eigenvalue weighted by Crippen LogP contribution is 2.36. The largest absolute Gasteiger partial charge is 0.376 e. The van der Waals surface area contributed by atoms with Crippen molar-refractivity contribution in [3.63, 3.8) is 0 Å². The van der Waals surface area contributed by atoms with Gasteiger partial charge in [0.05, 0.1) is 23.2 Å². The van der Waals surface area contributed by atoms with Crippen molar-refractivity contribution in [1.29, 1.82) is 0 Å². The molecule has 2 fully saturated rings. The number of carbonyl (C=O) groups excluding carboxylic acids is 1. The third kappa shape index (κ3) is 3.85. The highest BCUT2D eigenvalue weighted by atomic mass is 79.9. The Bertz CT molecular complexity index is 1270. The minimum absolute atomic E-state index is 0.0191. The molecule has 1 amide bonds. The number of thioether (sulfide) groups is 1. The van der Waals surface area contributed by atoms with Gasteiger partial charge in [-0.05, 0) is 61.9 Å². The number of benzene rings is 2. The number of ether oxygens (including phenoxy) is 1. The standard InChI is InChI=1S/C25H23BrN2O2S2/c1-15-12-17(13-23-24(29)27(25(31)32-23)14-18-6-5-11-30-18)16(2)28(15)22-10-9-21(26)19-7-3-4-8-20(19)22/h3-4,7-10,12-13,18H,5-6,11,14H2,1-2H3/b23-13-/t18-/m1/s1. The summed E-state index contributed by atoms with van der Waals surface area (Å²) in [5.74, 6) is -0.0191. The van der Waals surface area contributed by atoms with Crippen LogP contribution in [0.15, 0.2) is 51.8 Å². The molecule has 0 saturated carbocycles. The van der Waals surface area contributed by atoms with E-state index in [1.807, 2.05) is 6.08 Å². The van der Waals surface area contributed by atoms with E-state index >= 15 is 0 Å². The molecule has 0 spiro atoms. The zero-order valence-electron chi connectivity index (χ0n) is 17.9. The first-order chi connectivity index (χ1) is 15.4. The molecule has 0 aliphatic carbocycles. The third-order valence-corrected chi connectivity index (χ3v) is 8.20. The highest BCUT2D eigenvalue weighted by molar-refractivity contribution is 9.10. The van der Waals surface area contributed by atoms with Gasteiger partial charge in [0, 0.05) is 27.9 Å². The molecule has 32 heavy (non-hydrogen) atoms. The molecule has 164 valence electrons. The lowest BCUT2D eigenvalue weighted by Crippen LogP contribution is -2.35. The summed E-state index contributed by atoms with van der Waals surface area (Å²) in [6.45, 7) is 5.52. The van der Waals surface area contributed by atoms with Crippen molar-refractivity contribution in [2.45, 2.75) is 32.8 Å². The quantitative estimate of drug-likeness (QED) is 0.291. The summed E-state index contributed by atoms with van der Waals surface area (Å²) in [5, 5.41) is 2.35. The zero-order valence-corrected chi connectivity index (χ0v) is 21.1. The second-order valence-corrected chi connectivity index (χ2v) is 10.7. The lowest BCUT2D eigenvalue weighted by Gasteiger charge is -2.18. The Hall–Kier alpha value is -1.93. The molecule has 7 heteroatoms. The van der Waals surface area contributed by atoms with E-state index in [1.165, 1.54) is 22.5 Å². The van der Waals surface area contributed by atoms with Crippen LogP contribution in [-0.2, 0) is 9.53 Å². The van der Waals surface area contributed by atoms with Gasteiger partial charge < -0.3 is 9.30 Å². The van der Waals surface area contributed by atoms with Gasteiger partial charge in [0.25, 0.3) is 5.91 Å². The summed E-state index contributed by atoms with van der Waals surface area (Å²) in [4.78, 5) is 15.4. The molecule has 0 radical (unpaired) electrons. The molecule has 2 aliphatic heterocycles. The van der Waals surface area contributed by atoms with Gasteiger partial charge in [-0.1, -0.05) is 64.2 Å². The van der Waals surface area contributed by atoms with Crippen molar-refractivity contribution < 1.29 is 9.53 Å². The lowest BCUT2D eigenvalue weighted by molar-refractivity contribution is -0.123. The summed E-state index contributed by atoms with van der Waals surface area (Å²) in [7, 11) is 0. The van der Waals surface area contributed by atoms with Gasteiger partial charge in [-0.2, -0.15) is 0 Å². The molecule has 3 heterocycles. The maximum absolute atomic E-state index is 13.1. The molecule has 4 nitrogen and oxygen atoms in total. The van der Waals surface area contributed by atoms with Crippen LogP contribution in [0.2, 0.25) is 0 Å². The molecule has 1 atom stereocenters. The molecule has 0 N–H and O–H groups in total. The number of aryl methyl sites for hydroxylation is 1. The van der Waals surface area contributed by atoms with Crippen LogP contribution in [0.25, 0.3) is 22.5 Å². The number of fused-ring (bicyclic) bond motifs is 1. The smallest absolute Gasteiger partial charge is 0.266 e. The number of amides is 1. The number of carbonyl (C=O) groups is 1. The first-order valence-corrected chi connectivity index (χ1v) is 12.7. The number of aromatic nitrogens is 1. The van der Waals surface area contributed by atoms with Gasteiger partial charge >= 0.3 is 0 Å². The van der Waals surface area contributed by atoms with E-state index in [0.29, 0.717) is 15.8 Å². The molecule has 3 aromatic rings. The van der Waals surface area contributed by atoms with E-state index < -0.39 is 0 Å². The van der Waals surface area contributed by atoms with E-state index in [4.69, 9.17) is 17.0 Å². The van der Waals surface area contributed by atoms with Gasteiger partial charge in [0.15, 0.2) is 0 Å². The lowest BCUT2D eigenvalue weighted by atomic mass is 10.1. The summed E-state index contributed by atoms with van der Waals surface area (Å²) in [6, 6.07) is 14.7. The fraction of sp³-hybridized carbons (Fsp3) is 0.280. The predicted octanol–water partition coefficient (Wildman–Crippen LogP) is 6.39. The minimum atomic E-state index is -0.0191. The van der Waals surface area contributed by atoms with Crippen molar-refractivity contribution in [1.82, 2.24) is 9.47 Å². The Morgan fingerprint density at radius 2 is 2.00 bits per heavy atom. The molecule has 2 aliphatic rings. The van der Waals surface area contributed by atoms with Crippen molar-refractivity contribution in [2.24, 2.45) is 0 Å². The topological polar surface area (TPSA) is 34.5 Å². The molecular formula is C25H23BrN2O2S2. The number of nitrogens with zero attached hydrogens (tertiary/aromatic N) is 2. The second kappa shape index (κ2) is 8.78. The summed E-state index contributed by atoms with van der Waals surface area (Å²) < 4.78 is 9.66. The molecule has 5 rings (SSSR count). The van der Waals surface area contributed by atoms with Gasteiger partial charge in [0.2, 0.25) is 0 Å². The van der Waals surface area contributed by atoms with E-state index in [9.17, 15) is 4.79 Å². The molecule has 0 unspecified atom stereocenters. The fourth-order valence-corrected chi connectivity index (χ4v) is 6.28. The van der Waals surface area contributed by atoms with Crippen LogP contribution in [0, 0.1) is 13.8 Å². The van der Waals surface area contributed by atoms with Gasteiger partial charge in [-0.25, -0.2) is 0 Å². The Morgan fingerprint density at radius 3 is 2.75 bits per heavy atom. The minimum Gasteiger partial charge on any atom is -0.376 e. The summed E-state index contributed by atoms with van der Waals surface area (Å²) >= 11 is 10.6. The average Bonchev–Trinajstić information content (AvgIpc) is 3.46. The third-order valence-electron chi connectivity index (χ3n) is 6.13. The van der Waals surface area contributed by atoms with Crippen molar-refractivity contribution in [2.75, 3.05) is 13.2 Å². The number of hydrogen-bond donors (Lipinski definition) is 0. The maximum Gasteiger partial charge on any atom is 0.266 e. The van der Waals surface area contributed by atoms with Crippen molar-refractivity contribution >= 4 is 67.0 Å². The van der Waals surface area contributed by atoms with Crippen LogP contribution in [0.1, 0.15) is 29.8 Å². The Balaban J connectivity index is 1.50. The van der Waals surface area contributed by atoms with Gasteiger partial charge in [-0.3, -0.25) is 9.69 Å². The number of thiocarbonyl (C=S) groups is 1. The Morgan fingerprint density at radius 1 is 1.22 bits per heavy atom. The van der Waals surface area contributed by atoms with Gasteiger partial charge in [-0.15, -0.1) is 0 Å². The van der Waals surface area contributed by atoms with Crippen LogP contribution >= 0.6 is 39.9 Å². The summed E-state index contributed by atoms with van der Waals surface area (Å²) in [5.41, 5.74) is 4.38. The SMILES string of the molecule is Cc1cc(/C=C2\SC(=S)N(C[C@H]3CCCO3)C2=O)c(C)n1-c1ccc(Br)c2ccccc12. The van der Waals surface area contributed by atoms with E-state index in [2.05, 4.69) is 76.8 Å². The molecule has 2 saturated heterocycles. The highest BCUT2D eigenvalue weighted by Gasteiger charge is 2.34. The number of rotatable bonds is 4. The normalized spacial score (nSPS) is 20.3. The van der Waals surface area contributed by atoms with Crippen LogP contribution in [-0.4, -0.2) is 39.0 Å². The first-order valence-electron chi connectivity index (χ1n) is 10.7. The maximum atomic E-state index is 13.1. The monoisotopic (exact) mass is 526 g/mol. The predicted molar refractivity (Wildman–Crippen MR) is 139 cm³/mol. The van der Waals surface area contributed by atoms with E-state index in [0.717, 1.165) is 46.6 Å². The van der Waals surface area contributed by atoms with Crippen LogP contribution < -0.4 is 0 Å². The zero-order chi connectivity index (χ0) is 22.4. The van der Waals surface area contributed by atoms with Crippen LogP contribution in [0.3, 0.4) is 0 Å². The molecular weight excluding hydrogens is 504 g/mol. The fourth-order valence-electron chi connectivity index (χ4n) is 4.54. The van der Waals surface area contributed by atoms with Crippen molar-refractivity contribution in [3.8, 4) is 5.69 Å². The van der Waals surface area contributed by atoms with E-state index in [1.54, 1.807) is 4.90 Å². The number of halogens is 1. The molecule has 2 aromatic carbocycles. The average molecular weight is 528 g/mol. The molecule has 1 aromatic heterocycles. The van der Waals surface area contributed by atoms with Crippen molar-refractivity contribution in [3.05, 3.63) is 68.8 Å². The number of hydrogen-bond acceptors (Lipinski definition) is 4. The van der Waals surface area contributed by atoms with Gasteiger partial charge in [0.1, 0.15) is 4.32 Å². The second-order valence-electron chi connectivity index (χ2n) is 8.20. The molecule has 0 bridgehead atoms. The Labute approximate surface area is 205 Å².